The summed E-state index contributed by atoms with van der Waals surface area (Å²) < 4.78 is 0. The molecule has 1 amide bonds. The second kappa shape index (κ2) is 7.06. The van der Waals surface area contributed by atoms with Crippen molar-refractivity contribution in [1.82, 2.24) is 9.88 Å². The first-order valence-electron chi connectivity index (χ1n) is 8.32. The van der Waals surface area contributed by atoms with Crippen molar-refractivity contribution in [2.24, 2.45) is 0 Å². The Kier molecular flexibility index (Phi) is 5.10. The topological polar surface area (TPSA) is 65.5 Å². The largest absolute Gasteiger partial charge is 0.393 e. The average molecular weight is 323 g/mol. The predicted octanol–water partition coefficient (Wildman–Crippen LogP) is 2.20. The van der Waals surface area contributed by atoms with E-state index in [1.54, 1.807) is 11.3 Å². The molecule has 2 N–H and O–H groups in total. The first kappa shape index (κ1) is 15.9. The minimum absolute atomic E-state index is 0.0172. The maximum Gasteiger partial charge on any atom is 0.240 e. The number of thiazole rings is 1. The predicted molar refractivity (Wildman–Crippen MR) is 88.3 cm³/mol. The highest BCUT2D eigenvalue weighted by atomic mass is 32.1. The van der Waals surface area contributed by atoms with Crippen molar-refractivity contribution < 1.29 is 9.90 Å². The number of carbonyl (C=O) groups is 1. The quantitative estimate of drug-likeness (QED) is 0.872. The summed E-state index contributed by atoms with van der Waals surface area (Å²) in [4.78, 5) is 20.4. The van der Waals surface area contributed by atoms with Gasteiger partial charge in [0.15, 0.2) is 5.13 Å². The number of aliphatic hydroxyl groups is 1. The lowest BCUT2D eigenvalue weighted by Crippen LogP contribution is -2.38. The van der Waals surface area contributed by atoms with Gasteiger partial charge in [-0.3, -0.25) is 9.69 Å². The van der Waals surface area contributed by atoms with E-state index in [4.69, 9.17) is 0 Å². The highest BCUT2D eigenvalue weighted by Gasteiger charge is 2.27. The standard InChI is InChI=1S/C16H25N3O2S/c1-11(20)9-12-5-4-8-19(12)10-15(21)18-16-17-13-6-2-3-7-14(13)22-16/h11-12,20H,2-10H2,1H3,(H,17,18,21). The van der Waals surface area contributed by atoms with Gasteiger partial charge in [-0.1, -0.05) is 0 Å². The van der Waals surface area contributed by atoms with Crippen LogP contribution < -0.4 is 5.32 Å². The number of nitrogens with one attached hydrogen (secondary N) is 1. The summed E-state index contributed by atoms with van der Waals surface area (Å²) in [7, 11) is 0. The number of aromatic nitrogens is 1. The summed E-state index contributed by atoms with van der Waals surface area (Å²) >= 11 is 1.63. The molecule has 22 heavy (non-hydrogen) atoms. The van der Waals surface area contributed by atoms with Crippen LogP contribution >= 0.6 is 11.3 Å². The normalized spacial score (nSPS) is 23.3. The third kappa shape index (κ3) is 3.86. The molecular formula is C16H25N3O2S. The van der Waals surface area contributed by atoms with Gasteiger partial charge < -0.3 is 10.4 Å². The Bertz CT molecular complexity index is 506. The van der Waals surface area contributed by atoms with Crippen molar-refractivity contribution in [2.45, 2.75) is 64.0 Å². The molecule has 1 aromatic rings. The highest BCUT2D eigenvalue weighted by Crippen LogP contribution is 2.29. The van der Waals surface area contributed by atoms with Crippen molar-refractivity contribution in [1.29, 1.82) is 0 Å². The zero-order valence-electron chi connectivity index (χ0n) is 13.2. The number of amides is 1. The van der Waals surface area contributed by atoms with Crippen molar-refractivity contribution >= 4 is 22.4 Å². The zero-order valence-corrected chi connectivity index (χ0v) is 14.0. The summed E-state index contributed by atoms with van der Waals surface area (Å²) in [5.41, 5.74) is 1.18. The van der Waals surface area contributed by atoms with E-state index in [-0.39, 0.29) is 12.0 Å². The second-order valence-electron chi connectivity index (χ2n) is 6.50. The first-order chi connectivity index (χ1) is 10.6. The SMILES string of the molecule is CC(O)CC1CCCN1CC(=O)Nc1nc2c(s1)CCCC2. The molecule has 2 aliphatic rings. The number of hydrogen-bond donors (Lipinski definition) is 2. The zero-order chi connectivity index (χ0) is 15.5. The minimum Gasteiger partial charge on any atom is -0.393 e. The van der Waals surface area contributed by atoms with E-state index >= 15 is 0 Å². The molecule has 1 aromatic heterocycles. The molecule has 2 heterocycles. The van der Waals surface area contributed by atoms with Gasteiger partial charge >= 0.3 is 0 Å². The van der Waals surface area contributed by atoms with Crippen molar-refractivity contribution in [2.75, 3.05) is 18.4 Å². The Morgan fingerprint density at radius 1 is 1.45 bits per heavy atom. The number of likely N-dealkylation sites (tertiary alicyclic amines) is 1. The number of hydrogen-bond acceptors (Lipinski definition) is 5. The fraction of sp³-hybridized carbons (Fsp3) is 0.750. The van der Waals surface area contributed by atoms with Crippen molar-refractivity contribution in [3.8, 4) is 0 Å². The van der Waals surface area contributed by atoms with Crippen LogP contribution in [0.4, 0.5) is 5.13 Å². The Morgan fingerprint density at radius 3 is 3.05 bits per heavy atom. The molecule has 1 fully saturated rings. The Balaban J connectivity index is 1.54. The van der Waals surface area contributed by atoms with Gasteiger partial charge in [0.1, 0.15) is 0 Å². The van der Waals surface area contributed by atoms with Crippen LogP contribution in [0.3, 0.4) is 0 Å². The number of aryl methyl sites for hydroxylation is 2. The van der Waals surface area contributed by atoms with E-state index in [1.807, 2.05) is 6.92 Å². The number of nitrogens with zero attached hydrogens (tertiary/aromatic N) is 2. The molecule has 0 spiro atoms. The van der Waals surface area contributed by atoms with Gasteiger partial charge in [0.05, 0.1) is 18.3 Å². The fourth-order valence-corrected chi connectivity index (χ4v) is 4.58. The molecule has 1 aliphatic heterocycles. The van der Waals surface area contributed by atoms with Gasteiger partial charge in [0.25, 0.3) is 0 Å². The molecule has 1 aliphatic carbocycles. The summed E-state index contributed by atoms with van der Waals surface area (Å²) in [5.74, 6) is 0.0172. The van der Waals surface area contributed by atoms with E-state index < -0.39 is 0 Å². The molecule has 2 unspecified atom stereocenters. The van der Waals surface area contributed by atoms with Crippen LogP contribution in [-0.4, -0.2) is 46.1 Å². The van der Waals surface area contributed by atoms with Crippen LogP contribution in [0.25, 0.3) is 0 Å². The number of rotatable bonds is 5. The summed E-state index contributed by atoms with van der Waals surface area (Å²) in [6, 6.07) is 0.329. The Labute approximate surface area is 135 Å². The lowest BCUT2D eigenvalue weighted by atomic mass is 10.0. The molecular weight excluding hydrogens is 298 g/mol. The third-order valence-corrected chi connectivity index (χ3v) is 5.62. The van der Waals surface area contributed by atoms with E-state index in [0.717, 1.165) is 43.8 Å². The molecule has 0 aromatic carbocycles. The van der Waals surface area contributed by atoms with Crippen LogP contribution in [0.2, 0.25) is 0 Å². The average Bonchev–Trinajstić information content (AvgIpc) is 3.04. The lowest BCUT2D eigenvalue weighted by molar-refractivity contribution is -0.117. The maximum absolute atomic E-state index is 12.3. The van der Waals surface area contributed by atoms with Crippen LogP contribution in [0.15, 0.2) is 0 Å². The van der Waals surface area contributed by atoms with Crippen LogP contribution in [0.5, 0.6) is 0 Å². The number of carbonyl (C=O) groups excluding carboxylic acids is 1. The molecule has 6 heteroatoms. The van der Waals surface area contributed by atoms with Crippen molar-refractivity contribution in [3.63, 3.8) is 0 Å². The van der Waals surface area contributed by atoms with Crippen LogP contribution in [-0.2, 0) is 17.6 Å². The lowest BCUT2D eigenvalue weighted by Gasteiger charge is -2.24. The second-order valence-corrected chi connectivity index (χ2v) is 7.58. The molecule has 0 bridgehead atoms. The molecule has 0 radical (unpaired) electrons. The molecule has 5 nitrogen and oxygen atoms in total. The summed E-state index contributed by atoms with van der Waals surface area (Å²) in [6.07, 6.45) is 7.21. The first-order valence-corrected chi connectivity index (χ1v) is 9.14. The Hall–Kier alpha value is -0.980. The van der Waals surface area contributed by atoms with E-state index in [1.165, 1.54) is 23.4 Å². The van der Waals surface area contributed by atoms with E-state index in [2.05, 4.69) is 15.2 Å². The Morgan fingerprint density at radius 2 is 2.27 bits per heavy atom. The van der Waals surface area contributed by atoms with Crippen LogP contribution in [0, 0.1) is 0 Å². The summed E-state index contributed by atoms with van der Waals surface area (Å²) in [5, 5.41) is 13.3. The highest BCUT2D eigenvalue weighted by molar-refractivity contribution is 7.15. The van der Waals surface area contributed by atoms with E-state index in [9.17, 15) is 9.90 Å². The van der Waals surface area contributed by atoms with Gasteiger partial charge in [0, 0.05) is 10.9 Å². The van der Waals surface area contributed by atoms with Gasteiger partial charge in [-0.2, -0.15) is 0 Å². The number of aliphatic hydroxyl groups excluding tert-OH is 1. The number of anilines is 1. The third-order valence-electron chi connectivity index (χ3n) is 4.55. The maximum atomic E-state index is 12.3. The van der Waals surface area contributed by atoms with Crippen LogP contribution in [0.1, 0.15) is 49.6 Å². The summed E-state index contributed by atoms with van der Waals surface area (Å²) in [6.45, 7) is 3.16. The monoisotopic (exact) mass is 323 g/mol. The smallest absolute Gasteiger partial charge is 0.240 e. The van der Waals surface area contributed by atoms with Crippen molar-refractivity contribution in [3.05, 3.63) is 10.6 Å². The minimum atomic E-state index is -0.306. The molecule has 1 saturated heterocycles. The van der Waals surface area contributed by atoms with E-state index in [0.29, 0.717) is 12.6 Å². The van der Waals surface area contributed by atoms with Gasteiger partial charge in [-0.15, -0.1) is 11.3 Å². The molecule has 0 saturated carbocycles. The number of fused-ring (bicyclic) bond motifs is 1. The molecule has 3 rings (SSSR count). The van der Waals surface area contributed by atoms with Gasteiger partial charge in [0.2, 0.25) is 5.91 Å². The van der Waals surface area contributed by atoms with Gasteiger partial charge in [-0.25, -0.2) is 4.98 Å². The fourth-order valence-electron chi connectivity index (χ4n) is 3.51. The molecule has 122 valence electrons. The van der Waals surface area contributed by atoms with Gasteiger partial charge in [-0.05, 0) is 58.4 Å². The molecule has 2 atom stereocenters.